The van der Waals surface area contributed by atoms with Gasteiger partial charge in [0.1, 0.15) is 11.6 Å². The maximum atomic E-state index is 4.99. The lowest BCUT2D eigenvalue weighted by molar-refractivity contribution is 0.242. The summed E-state index contributed by atoms with van der Waals surface area (Å²) in [4.78, 5) is 19.4. The molecule has 5 rings (SSSR count). The number of nitrogens with zero attached hydrogens (tertiary/aromatic N) is 5. The topological polar surface area (TPSA) is 45.2 Å². The third-order valence-corrected chi connectivity index (χ3v) is 6.90. The Kier molecular flexibility index (Phi) is 5.75. The third-order valence-electron chi connectivity index (χ3n) is 6.90. The standard InChI is InChI=1S/C24H33N5/c1-3-7-20(8-4-1)24-26-16-21-18-28(14-11-22(21)27-24)17-19-9-10-23(25-15-19)29-12-5-2-6-13-29/h9-10,15-16,20H,1-8,11-14,17-18H2. The predicted molar refractivity (Wildman–Crippen MR) is 116 cm³/mol. The molecule has 0 spiro atoms. The molecule has 154 valence electrons. The fourth-order valence-corrected chi connectivity index (χ4v) is 5.16. The summed E-state index contributed by atoms with van der Waals surface area (Å²) in [6.45, 7) is 5.28. The first kappa shape index (κ1) is 19.0. The number of hydrogen-bond acceptors (Lipinski definition) is 5. The summed E-state index contributed by atoms with van der Waals surface area (Å²) in [7, 11) is 0. The molecule has 0 unspecified atom stereocenters. The average Bonchev–Trinajstić information content (AvgIpc) is 2.80. The maximum Gasteiger partial charge on any atom is 0.131 e. The van der Waals surface area contributed by atoms with E-state index in [-0.39, 0.29) is 0 Å². The lowest BCUT2D eigenvalue weighted by Gasteiger charge is -2.30. The van der Waals surface area contributed by atoms with Crippen LogP contribution < -0.4 is 4.90 Å². The van der Waals surface area contributed by atoms with Gasteiger partial charge in [0, 0.05) is 68.7 Å². The number of fused-ring (bicyclic) bond motifs is 1. The van der Waals surface area contributed by atoms with E-state index in [1.54, 1.807) is 0 Å². The smallest absolute Gasteiger partial charge is 0.131 e. The molecular weight excluding hydrogens is 358 g/mol. The first-order valence-electron chi connectivity index (χ1n) is 11.6. The summed E-state index contributed by atoms with van der Waals surface area (Å²) in [5.41, 5.74) is 3.90. The van der Waals surface area contributed by atoms with E-state index in [1.807, 2.05) is 0 Å². The Labute approximate surface area is 174 Å². The third kappa shape index (κ3) is 4.45. The predicted octanol–water partition coefficient (Wildman–Crippen LogP) is 4.47. The maximum absolute atomic E-state index is 4.99. The molecule has 0 radical (unpaired) electrons. The van der Waals surface area contributed by atoms with Gasteiger partial charge in [-0.05, 0) is 43.7 Å². The van der Waals surface area contributed by atoms with E-state index in [0.717, 1.165) is 50.8 Å². The van der Waals surface area contributed by atoms with E-state index in [9.17, 15) is 0 Å². The van der Waals surface area contributed by atoms with Crippen molar-refractivity contribution in [3.05, 3.63) is 47.2 Å². The van der Waals surface area contributed by atoms with Gasteiger partial charge in [0.2, 0.25) is 0 Å². The minimum Gasteiger partial charge on any atom is -0.357 e. The fourth-order valence-electron chi connectivity index (χ4n) is 5.16. The van der Waals surface area contributed by atoms with Crippen LogP contribution in [0.15, 0.2) is 24.5 Å². The molecule has 4 heterocycles. The van der Waals surface area contributed by atoms with Crippen molar-refractivity contribution in [3.8, 4) is 0 Å². The first-order valence-corrected chi connectivity index (χ1v) is 11.6. The van der Waals surface area contributed by atoms with E-state index in [4.69, 9.17) is 15.0 Å². The second-order valence-electron chi connectivity index (χ2n) is 9.07. The zero-order valence-electron chi connectivity index (χ0n) is 17.5. The molecule has 2 fully saturated rings. The summed E-state index contributed by atoms with van der Waals surface area (Å²) < 4.78 is 0. The van der Waals surface area contributed by atoms with Crippen molar-refractivity contribution in [2.75, 3.05) is 24.5 Å². The summed E-state index contributed by atoms with van der Waals surface area (Å²) >= 11 is 0. The van der Waals surface area contributed by atoms with Crippen LogP contribution in [0.3, 0.4) is 0 Å². The summed E-state index contributed by atoms with van der Waals surface area (Å²) in [5.74, 6) is 2.84. The van der Waals surface area contributed by atoms with Gasteiger partial charge >= 0.3 is 0 Å². The molecule has 2 aromatic heterocycles. The Morgan fingerprint density at radius 3 is 2.48 bits per heavy atom. The van der Waals surface area contributed by atoms with Gasteiger partial charge in [-0.3, -0.25) is 4.90 Å². The quantitative estimate of drug-likeness (QED) is 0.769. The highest BCUT2D eigenvalue weighted by Crippen LogP contribution is 2.31. The Morgan fingerprint density at radius 2 is 1.69 bits per heavy atom. The summed E-state index contributed by atoms with van der Waals surface area (Å²) in [6, 6.07) is 4.47. The molecule has 1 saturated heterocycles. The van der Waals surface area contributed by atoms with Crippen molar-refractivity contribution >= 4 is 5.82 Å². The Bertz CT molecular complexity index is 807. The molecule has 0 bridgehead atoms. The van der Waals surface area contributed by atoms with Gasteiger partial charge in [0.05, 0.1) is 0 Å². The van der Waals surface area contributed by atoms with Crippen molar-refractivity contribution in [2.24, 2.45) is 0 Å². The molecule has 0 N–H and O–H groups in total. The fraction of sp³-hybridized carbons (Fsp3) is 0.625. The minimum absolute atomic E-state index is 0.594. The zero-order valence-corrected chi connectivity index (χ0v) is 17.5. The van der Waals surface area contributed by atoms with Gasteiger partial charge in [-0.25, -0.2) is 15.0 Å². The van der Waals surface area contributed by atoms with Crippen LogP contribution in [0.4, 0.5) is 5.82 Å². The number of pyridine rings is 1. The van der Waals surface area contributed by atoms with Gasteiger partial charge < -0.3 is 4.90 Å². The largest absolute Gasteiger partial charge is 0.357 e. The average molecular weight is 392 g/mol. The summed E-state index contributed by atoms with van der Waals surface area (Å²) in [6.07, 6.45) is 15.8. The van der Waals surface area contributed by atoms with Crippen LogP contribution in [-0.2, 0) is 19.5 Å². The molecule has 0 aromatic carbocycles. The van der Waals surface area contributed by atoms with Crippen molar-refractivity contribution < 1.29 is 0 Å². The van der Waals surface area contributed by atoms with Crippen LogP contribution in [0.1, 0.15) is 79.9 Å². The monoisotopic (exact) mass is 391 g/mol. The van der Waals surface area contributed by atoms with Crippen molar-refractivity contribution in [1.82, 2.24) is 19.9 Å². The lowest BCUT2D eigenvalue weighted by Crippen LogP contribution is -2.32. The number of rotatable bonds is 4. The molecule has 0 amide bonds. The van der Waals surface area contributed by atoms with Crippen LogP contribution in [-0.4, -0.2) is 39.5 Å². The molecule has 2 aromatic rings. The van der Waals surface area contributed by atoms with Crippen LogP contribution >= 0.6 is 0 Å². The number of hydrogen-bond donors (Lipinski definition) is 0. The van der Waals surface area contributed by atoms with Gasteiger partial charge in [-0.1, -0.05) is 25.3 Å². The lowest BCUT2D eigenvalue weighted by atomic mass is 9.88. The molecule has 1 aliphatic carbocycles. The number of anilines is 1. The van der Waals surface area contributed by atoms with E-state index in [0.29, 0.717) is 5.92 Å². The van der Waals surface area contributed by atoms with Gasteiger partial charge in [-0.2, -0.15) is 0 Å². The Hall–Kier alpha value is -2.01. The van der Waals surface area contributed by atoms with Crippen LogP contribution in [0.5, 0.6) is 0 Å². The highest BCUT2D eigenvalue weighted by atomic mass is 15.2. The first-order chi connectivity index (χ1) is 14.3. The molecule has 5 heteroatoms. The van der Waals surface area contributed by atoms with Gasteiger partial charge in [0.25, 0.3) is 0 Å². The molecule has 5 nitrogen and oxygen atoms in total. The Morgan fingerprint density at radius 1 is 0.862 bits per heavy atom. The number of piperidine rings is 1. The van der Waals surface area contributed by atoms with Crippen molar-refractivity contribution in [2.45, 2.75) is 76.8 Å². The van der Waals surface area contributed by atoms with Gasteiger partial charge in [0.15, 0.2) is 0 Å². The zero-order chi connectivity index (χ0) is 19.5. The van der Waals surface area contributed by atoms with Crippen LogP contribution in [0.2, 0.25) is 0 Å². The van der Waals surface area contributed by atoms with E-state index in [2.05, 4.69) is 34.3 Å². The van der Waals surface area contributed by atoms with Crippen molar-refractivity contribution in [1.29, 1.82) is 0 Å². The molecule has 2 aliphatic heterocycles. The minimum atomic E-state index is 0.594. The van der Waals surface area contributed by atoms with E-state index < -0.39 is 0 Å². The highest BCUT2D eigenvalue weighted by Gasteiger charge is 2.23. The SMILES string of the molecule is c1cc(N2CCCCC2)ncc1CN1CCc2nc(C3CCCCC3)ncc2C1. The van der Waals surface area contributed by atoms with Gasteiger partial charge in [-0.15, -0.1) is 0 Å². The van der Waals surface area contributed by atoms with Crippen molar-refractivity contribution in [3.63, 3.8) is 0 Å². The van der Waals surface area contributed by atoms with E-state index in [1.165, 1.54) is 68.2 Å². The molecule has 0 atom stereocenters. The van der Waals surface area contributed by atoms with Crippen LogP contribution in [0.25, 0.3) is 0 Å². The van der Waals surface area contributed by atoms with Crippen LogP contribution in [0, 0.1) is 0 Å². The van der Waals surface area contributed by atoms with E-state index >= 15 is 0 Å². The molecule has 1 saturated carbocycles. The second-order valence-corrected chi connectivity index (χ2v) is 9.07. The molecule has 3 aliphatic rings. The number of aromatic nitrogens is 3. The molecule has 29 heavy (non-hydrogen) atoms. The normalized spacial score (nSPS) is 21.2. The second kappa shape index (κ2) is 8.78. The Balaban J connectivity index is 1.20. The summed E-state index contributed by atoms with van der Waals surface area (Å²) in [5, 5.41) is 0. The highest BCUT2D eigenvalue weighted by molar-refractivity contribution is 5.39. The molecular formula is C24H33N5.